The van der Waals surface area contributed by atoms with Crippen molar-refractivity contribution in [3.8, 4) is 0 Å². The summed E-state index contributed by atoms with van der Waals surface area (Å²) in [6.07, 6.45) is 7.10. The predicted octanol–water partition coefficient (Wildman–Crippen LogP) is 2.11. The van der Waals surface area contributed by atoms with Gasteiger partial charge in [0.1, 0.15) is 0 Å². The van der Waals surface area contributed by atoms with Gasteiger partial charge in [-0.05, 0) is 76.7 Å². The third kappa shape index (κ3) is 3.76. The van der Waals surface area contributed by atoms with E-state index >= 15 is 0 Å². The molecule has 0 amide bonds. The molecule has 2 saturated heterocycles. The van der Waals surface area contributed by atoms with E-state index in [-0.39, 0.29) is 0 Å². The molecular weight excluding hydrogens is 184 g/mol. The summed E-state index contributed by atoms with van der Waals surface area (Å²) in [5.74, 6) is 1.93. The first-order valence-electron chi connectivity index (χ1n) is 6.77. The Morgan fingerprint density at radius 3 is 2.67 bits per heavy atom. The van der Waals surface area contributed by atoms with Gasteiger partial charge in [-0.3, -0.25) is 0 Å². The highest BCUT2D eigenvalue weighted by Gasteiger charge is 2.18. The van der Waals surface area contributed by atoms with Gasteiger partial charge in [-0.1, -0.05) is 6.92 Å². The van der Waals surface area contributed by atoms with Crippen molar-refractivity contribution in [2.75, 3.05) is 32.7 Å². The van der Waals surface area contributed by atoms with E-state index in [2.05, 4.69) is 17.1 Å². The van der Waals surface area contributed by atoms with Gasteiger partial charge in [-0.2, -0.15) is 0 Å². The van der Waals surface area contributed by atoms with Crippen molar-refractivity contribution in [3.05, 3.63) is 0 Å². The highest BCUT2D eigenvalue weighted by atomic mass is 15.1. The van der Waals surface area contributed by atoms with Crippen molar-refractivity contribution in [1.82, 2.24) is 10.2 Å². The Balaban J connectivity index is 1.60. The molecule has 1 unspecified atom stereocenters. The molecule has 0 aromatic heterocycles. The molecule has 2 nitrogen and oxygen atoms in total. The predicted molar refractivity (Wildman–Crippen MR) is 65.0 cm³/mol. The van der Waals surface area contributed by atoms with Gasteiger partial charge < -0.3 is 10.2 Å². The van der Waals surface area contributed by atoms with Crippen molar-refractivity contribution in [2.45, 2.75) is 39.0 Å². The van der Waals surface area contributed by atoms with Crippen LogP contribution in [0.2, 0.25) is 0 Å². The third-order valence-corrected chi connectivity index (χ3v) is 4.13. The molecule has 0 saturated carbocycles. The van der Waals surface area contributed by atoms with Gasteiger partial charge in [0, 0.05) is 0 Å². The molecule has 0 aromatic carbocycles. The van der Waals surface area contributed by atoms with Gasteiger partial charge in [-0.25, -0.2) is 0 Å². The summed E-state index contributed by atoms with van der Waals surface area (Å²) >= 11 is 0. The third-order valence-electron chi connectivity index (χ3n) is 4.13. The van der Waals surface area contributed by atoms with Crippen LogP contribution in [0.15, 0.2) is 0 Å². The van der Waals surface area contributed by atoms with Crippen molar-refractivity contribution in [2.24, 2.45) is 11.8 Å². The fourth-order valence-electron chi connectivity index (χ4n) is 2.82. The van der Waals surface area contributed by atoms with Crippen LogP contribution in [0.4, 0.5) is 0 Å². The minimum absolute atomic E-state index is 0.957. The number of hydrogen-bond acceptors (Lipinski definition) is 2. The average molecular weight is 210 g/mol. The van der Waals surface area contributed by atoms with Crippen LogP contribution >= 0.6 is 0 Å². The lowest BCUT2D eigenvalue weighted by Crippen LogP contribution is -2.36. The topological polar surface area (TPSA) is 15.3 Å². The first-order chi connectivity index (χ1) is 7.34. The van der Waals surface area contributed by atoms with Crippen molar-refractivity contribution in [3.63, 3.8) is 0 Å². The molecule has 88 valence electrons. The van der Waals surface area contributed by atoms with Crippen LogP contribution in [-0.2, 0) is 0 Å². The standard InChI is InChI=1S/C13H26N2/c1-12-4-8-15(9-5-12)10-6-13-3-2-7-14-11-13/h12-14H,2-11H2,1H3. The lowest BCUT2D eigenvalue weighted by atomic mass is 9.94. The second-order valence-electron chi connectivity index (χ2n) is 5.53. The van der Waals surface area contributed by atoms with Crippen LogP contribution < -0.4 is 5.32 Å². The van der Waals surface area contributed by atoms with Gasteiger partial charge in [-0.15, -0.1) is 0 Å². The summed E-state index contributed by atoms with van der Waals surface area (Å²) in [5.41, 5.74) is 0. The normalized spacial score (nSPS) is 30.6. The zero-order valence-corrected chi connectivity index (χ0v) is 10.2. The second kappa shape index (κ2) is 5.86. The van der Waals surface area contributed by atoms with Crippen LogP contribution in [0.25, 0.3) is 0 Å². The Kier molecular flexibility index (Phi) is 4.45. The highest BCUT2D eigenvalue weighted by Crippen LogP contribution is 2.19. The Bertz CT molecular complexity index is 167. The van der Waals surface area contributed by atoms with Gasteiger partial charge in [0.15, 0.2) is 0 Å². The zero-order chi connectivity index (χ0) is 10.5. The Hall–Kier alpha value is -0.0800. The van der Waals surface area contributed by atoms with E-state index in [9.17, 15) is 0 Å². The summed E-state index contributed by atoms with van der Waals surface area (Å²) in [6, 6.07) is 0. The molecule has 2 fully saturated rings. The molecule has 2 aliphatic heterocycles. The molecule has 15 heavy (non-hydrogen) atoms. The van der Waals surface area contributed by atoms with Crippen LogP contribution in [0.1, 0.15) is 39.0 Å². The molecule has 0 aliphatic carbocycles. The fraction of sp³-hybridized carbons (Fsp3) is 1.00. The molecule has 2 aliphatic rings. The Labute approximate surface area is 94.4 Å². The maximum Gasteiger partial charge on any atom is -0.00156 e. The fourth-order valence-corrected chi connectivity index (χ4v) is 2.82. The van der Waals surface area contributed by atoms with E-state index < -0.39 is 0 Å². The molecule has 0 radical (unpaired) electrons. The second-order valence-corrected chi connectivity index (χ2v) is 5.53. The molecule has 2 heterocycles. The van der Waals surface area contributed by atoms with E-state index in [0.29, 0.717) is 0 Å². The van der Waals surface area contributed by atoms with E-state index in [1.54, 1.807) is 0 Å². The zero-order valence-electron chi connectivity index (χ0n) is 10.2. The number of likely N-dealkylation sites (tertiary alicyclic amines) is 1. The smallest absolute Gasteiger partial charge is 0.00156 e. The van der Waals surface area contributed by atoms with Crippen molar-refractivity contribution < 1.29 is 0 Å². The van der Waals surface area contributed by atoms with E-state index in [1.807, 2.05) is 0 Å². The quantitative estimate of drug-likeness (QED) is 0.767. The van der Waals surface area contributed by atoms with Gasteiger partial charge in [0.25, 0.3) is 0 Å². The van der Waals surface area contributed by atoms with Crippen LogP contribution in [0, 0.1) is 11.8 Å². The van der Waals surface area contributed by atoms with Crippen molar-refractivity contribution in [1.29, 1.82) is 0 Å². The van der Waals surface area contributed by atoms with Crippen molar-refractivity contribution >= 4 is 0 Å². The van der Waals surface area contributed by atoms with Gasteiger partial charge in [0.2, 0.25) is 0 Å². The lowest BCUT2D eigenvalue weighted by Gasteiger charge is -2.32. The molecule has 0 bridgehead atoms. The molecule has 1 N–H and O–H groups in total. The van der Waals surface area contributed by atoms with E-state index in [4.69, 9.17) is 0 Å². The first kappa shape index (κ1) is 11.4. The minimum atomic E-state index is 0.957. The van der Waals surface area contributed by atoms with Crippen LogP contribution in [0.5, 0.6) is 0 Å². The number of rotatable bonds is 3. The Morgan fingerprint density at radius 2 is 2.00 bits per heavy atom. The molecule has 2 rings (SSSR count). The maximum atomic E-state index is 3.51. The monoisotopic (exact) mass is 210 g/mol. The lowest BCUT2D eigenvalue weighted by molar-refractivity contribution is 0.176. The summed E-state index contributed by atoms with van der Waals surface area (Å²) in [7, 11) is 0. The summed E-state index contributed by atoms with van der Waals surface area (Å²) in [4.78, 5) is 2.68. The largest absolute Gasteiger partial charge is 0.316 e. The first-order valence-corrected chi connectivity index (χ1v) is 6.77. The highest BCUT2D eigenvalue weighted by molar-refractivity contribution is 4.73. The molecule has 0 spiro atoms. The van der Waals surface area contributed by atoms with E-state index in [1.165, 1.54) is 64.8 Å². The summed E-state index contributed by atoms with van der Waals surface area (Å²) in [5, 5.41) is 3.51. The molecule has 2 heteroatoms. The number of hydrogen-bond donors (Lipinski definition) is 1. The molecule has 0 aromatic rings. The molecule has 1 atom stereocenters. The van der Waals surface area contributed by atoms with Gasteiger partial charge >= 0.3 is 0 Å². The summed E-state index contributed by atoms with van der Waals surface area (Å²) in [6.45, 7) is 8.95. The van der Waals surface area contributed by atoms with Crippen LogP contribution in [0.3, 0.4) is 0 Å². The maximum absolute atomic E-state index is 3.51. The van der Waals surface area contributed by atoms with E-state index in [0.717, 1.165) is 11.8 Å². The van der Waals surface area contributed by atoms with Crippen LogP contribution in [-0.4, -0.2) is 37.6 Å². The number of nitrogens with one attached hydrogen (secondary N) is 1. The summed E-state index contributed by atoms with van der Waals surface area (Å²) < 4.78 is 0. The average Bonchev–Trinajstić information content (AvgIpc) is 2.30. The van der Waals surface area contributed by atoms with Gasteiger partial charge in [0.05, 0.1) is 0 Å². The Morgan fingerprint density at radius 1 is 1.20 bits per heavy atom. The number of nitrogens with zero attached hydrogens (tertiary/aromatic N) is 1. The molecular formula is C13H26N2. The number of piperidine rings is 2. The SMILES string of the molecule is CC1CCN(CCC2CCCNC2)CC1. The minimum Gasteiger partial charge on any atom is -0.316 e.